The zero-order chi connectivity index (χ0) is 26.7. The van der Waals surface area contributed by atoms with E-state index in [0.717, 1.165) is 16.5 Å². The number of rotatable bonds is 6. The van der Waals surface area contributed by atoms with E-state index in [9.17, 15) is 24.0 Å². The van der Waals surface area contributed by atoms with E-state index in [4.69, 9.17) is 14.5 Å². The summed E-state index contributed by atoms with van der Waals surface area (Å²) in [6, 6.07) is 11.2. The van der Waals surface area contributed by atoms with Gasteiger partial charge in [0, 0.05) is 29.4 Å². The number of aromatic nitrogens is 2. The Labute approximate surface area is 212 Å². The van der Waals surface area contributed by atoms with Crippen molar-refractivity contribution >= 4 is 34.5 Å². The normalized spacial score (nSPS) is 14.9. The zero-order valence-electron chi connectivity index (χ0n) is 20.8. The second-order valence-electron chi connectivity index (χ2n) is 8.50. The summed E-state index contributed by atoms with van der Waals surface area (Å²) in [6.07, 6.45) is -1.44. The molecule has 1 N–H and O–H groups in total. The number of nitrogens with one attached hydrogen (secondary N) is 1. The number of hydrogen-bond acceptors (Lipinski definition) is 8. The van der Waals surface area contributed by atoms with Gasteiger partial charge in [-0.15, -0.1) is 0 Å². The summed E-state index contributed by atoms with van der Waals surface area (Å²) in [7, 11) is 0. The lowest BCUT2D eigenvalue weighted by Crippen LogP contribution is -2.37. The fourth-order valence-corrected chi connectivity index (χ4v) is 4.29. The van der Waals surface area contributed by atoms with Crippen molar-refractivity contribution in [2.75, 3.05) is 6.54 Å². The number of ketones is 1. The molecule has 2 aliphatic rings. The number of nitrogens with zero attached hydrogens (tertiary/aromatic N) is 2. The molecule has 0 radical (unpaired) electrons. The molecular formula is C27H27N3O7. The molecule has 5 rings (SSSR count). The van der Waals surface area contributed by atoms with Crippen molar-refractivity contribution < 1.29 is 28.7 Å². The summed E-state index contributed by atoms with van der Waals surface area (Å²) in [5.41, 5.74) is 2.94. The van der Waals surface area contributed by atoms with Crippen LogP contribution in [0.25, 0.3) is 22.3 Å². The molecular weight excluding hydrogens is 478 g/mol. The fourth-order valence-electron chi connectivity index (χ4n) is 4.29. The molecule has 0 saturated heterocycles. The molecule has 0 bridgehead atoms. The highest BCUT2D eigenvalue weighted by atomic mass is 16.6. The fraction of sp³-hybridized carbons (Fsp3) is 0.333. The number of carbonyl (C=O) groups excluding carboxylic acids is 4. The molecule has 1 unspecified atom stereocenters. The smallest absolute Gasteiger partial charge is 0.352 e. The van der Waals surface area contributed by atoms with Crippen LogP contribution in [0, 0.1) is 0 Å². The van der Waals surface area contributed by atoms with Crippen LogP contribution in [0.15, 0.2) is 41.2 Å². The molecule has 37 heavy (non-hydrogen) atoms. The van der Waals surface area contributed by atoms with Crippen LogP contribution in [0.4, 0.5) is 0 Å². The van der Waals surface area contributed by atoms with Gasteiger partial charge in [-0.2, -0.15) is 0 Å². The van der Waals surface area contributed by atoms with Crippen LogP contribution < -0.4 is 10.9 Å². The van der Waals surface area contributed by atoms with Crippen LogP contribution in [0.3, 0.4) is 0 Å². The van der Waals surface area contributed by atoms with Crippen LogP contribution in [0.2, 0.25) is 0 Å². The van der Waals surface area contributed by atoms with Crippen molar-refractivity contribution in [2.45, 2.75) is 52.9 Å². The topological polar surface area (TPSA) is 134 Å². The second kappa shape index (κ2) is 10.7. The first-order valence-corrected chi connectivity index (χ1v) is 12.1. The lowest BCUT2D eigenvalue weighted by Gasteiger charge is -2.25. The van der Waals surface area contributed by atoms with Crippen molar-refractivity contribution in [3.05, 3.63) is 63.4 Å². The van der Waals surface area contributed by atoms with Gasteiger partial charge >= 0.3 is 11.9 Å². The third kappa shape index (κ3) is 5.13. The molecule has 3 aromatic rings. The largest absolute Gasteiger partial charge is 0.458 e. The van der Waals surface area contributed by atoms with Gasteiger partial charge < -0.3 is 24.2 Å². The Morgan fingerprint density at radius 2 is 1.89 bits per heavy atom. The third-order valence-corrected chi connectivity index (χ3v) is 6.05. The van der Waals surface area contributed by atoms with Gasteiger partial charge in [-0.1, -0.05) is 32.0 Å². The molecule has 1 amide bonds. The monoisotopic (exact) mass is 505 g/mol. The van der Waals surface area contributed by atoms with Gasteiger partial charge in [0.2, 0.25) is 12.0 Å². The Morgan fingerprint density at radius 3 is 2.65 bits per heavy atom. The number of benzene rings is 1. The van der Waals surface area contributed by atoms with Gasteiger partial charge in [-0.3, -0.25) is 14.4 Å². The molecule has 1 aromatic carbocycles. The zero-order valence-corrected chi connectivity index (χ0v) is 20.8. The number of Topliss-reactive ketones (excluding diaryl/α,β-unsaturated/α-hetero) is 1. The van der Waals surface area contributed by atoms with Crippen molar-refractivity contribution in [3.63, 3.8) is 0 Å². The third-order valence-electron chi connectivity index (χ3n) is 6.05. The molecule has 10 nitrogen and oxygen atoms in total. The van der Waals surface area contributed by atoms with Gasteiger partial charge in [-0.05, 0) is 25.1 Å². The maximum atomic E-state index is 13.3. The van der Waals surface area contributed by atoms with Gasteiger partial charge in [0.05, 0.1) is 29.0 Å². The predicted molar refractivity (Wildman–Crippen MR) is 133 cm³/mol. The summed E-state index contributed by atoms with van der Waals surface area (Å²) < 4.78 is 12.0. The molecule has 4 heterocycles. The van der Waals surface area contributed by atoms with E-state index in [0.29, 0.717) is 17.9 Å². The highest BCUT2D eigenvalue weighted by Crippen LogP contribution is 2.36. The number of amides is 1. The molecule has 1 atom stereocenters. The number of para-hydroxylation sites is 1. The van der Waals surface area contributed by atoms with Crippen LogP contribution in [0.5, 0.6) is 0 Å². The molecule has 192 valence electrons. The Kier molecular flexibility index (Phi) is 7.47. The number of esters is 2. The second-order valence-corrected chi connectivity index (χ2v) is 8.50. The highest BCUT2D eigenvalue weighted by molar-refractivity contribution is 5.88. The van der Waals surface area contributed by atoms with E-state index >= 15 is 0 Å². The highest BCUT2D eigenvalue weighted by Gasteiger charge is 2.37. The summed E-state index contributed by atoms with van der Waals surface area (Å²) in [4.78, 5) is 65.6. The van der Waals surface area contributed by atoms with Crippen LogP contribution in [0.1, 0.15) is 56.4 Å². The first kappa shape index (κ1) is 25.7. The van der Waals surface area contributed by atoms with E-state index in [1.165, 1.54) is 6.92 Å². The molecule has 0 aliphatic carbocycles. The summed E-state index contributed by atoms with van der Waals surface area (Å²) in [5.74, 6) is -2.31. The number of hydrogen-bond donors (Lipinski definition) is 1. The lowest BCUT2D eigenvalue weighted by atomic mass is 10.00. The van der Waals surface area contributed by atoms with Crippen LogP contribution >= 0.6 is 0 Å². The maximum absolute atomic E-state index is 13.3. The molecule has 0 spiro atoms. The number of fused-ring (bicyclic) bond motifs is 5. The lowest BCUT2D eigenvalue weighted by molar-refractivity contribution is -0.171. The first-order chi connectivity index (χ1) is 17.8. The SMILES string of the molecule is CC.CC(=O)CCC(=O)NCC(=O)OC1C(=O)OCc2c1cc1n(c2=O)Cc2cc3ccccc3nc2-1. The number of ether oxygens (including phenoxy) is 2. The van der Waals surface area contributed by atoms with Gasteiger partial charge in [0.15, 0.2) is 0 Å². The van der Waals surface area contributed by atoms with E-state index in [1.807, 2.05) is 44.2 Å². The average Bonchev–Trinajstić information content (AvgIpc) is 3.25. The average molecular weight is 506 g/mol. The van der Waals surface area contributed by atoms with Crippen molar-refractivity contribution in [1.29, 1.82) is 0 Å². The van der Waals surface area contributed by atoms with Crippen LogP contribution in [-0.2, 0) is 41.8 Å². The van der Waals surface area contributed by atoms with E-state index in [-0.39, 0.29) is 41.9 Å². The maximum Gasteiger partial charge on any atom is 0.352 e. The number of carbonyl (C=O) groups is 4. The molecule has 0 fully saturated rings. The molecule has 2 aliphatic heterocycles. The van der Waals surface area contributed by atoms with E-state index < -0.39 is 30.5 Å². The van der Waals surface area contributed by atoms with E-state index in [1.54, 1.807) is 10.6 Å². The first-order valence-electron chi connectivity index (χ1n) is 12.1. The Balaban J connectivity index is 0.00000156. The van der Waals surface area contributed by atoms with Gasteiger partial charge in [-0.25, -0.2) is 9.78 Å². The number of pyridine rings is 2. The van der Waals surface area contributed by atoms with Gasteiger partial charge in [0.1, 0.15) is 18.9 Å². The van der Waals surface area contributed by atoms with E-state index in [2.05, 4.69) is 5.32 Å². The Morgan fingerprint density at radius 1 is 1.14 bits per heavy atom. The minimum absolute atomic E-state index is 0.0547. The summed E-state index contributed by atoms with van der Waals surface area (Å²) in [6.45, 7) is 4.98. The summed E-state index contributed by atoms with van der Waals surface area (Å²) >= 11 is 0. The van der Waals surface area contributed by atoms with Gasteiger partial charge in [0.25, 0.3) is 5.56 Å². The van der Waals surface area contributed by atoms with Crippen molar-refractivity contribution in [3.8, 4) is 11.4 Å². The standard InChI is InChI=1S/C25H21N3O7.C2H6/c1-13(29)6-7-20(30)26-10-21(31)35-23-16-9-19-22-15(8-14-4-2-3-5-18(14)27-22)11-28(19)24(32)17(16)12-34-25(23)33;1-2/h2-5,8-9,23H,6-7,10-12H2,1H3,(H,26,30);1-2H3. The Bertz CT molecular complexity index is 1470. The molecule has 10 heteroatoms. The molecule has 2 aromatic heterocycles. The van der Waals surface area contributed by atoms with Crippen molar-refractivity contribution in [2.24, 2.45) is 0 Å². The molecule has 0 saturated carbocycles. The quantitative estimate of drug-likeness (QED) is 0.395. The Hall–Kier alpha value is -4.34. The van der Waals surface area contributed by atoms with Crippen LogP contribution in [-0.4, -0.2) is 39.7 Å². The summed E-state index contributed by atoms with van der Waals surface area (Å²) in [5, 5.41) is 3.31. The predicted octanol–water partition coefficient (Wildman–Crippen LogP) is 2.58. The minimum Gasteiger partial charge on any atom is -0.458 e. The number of cyclic esters (lactones) is 1. The van der Waals surface area contributed by atoms with Crippen molar-refractivity contribution in [1.82, 2.24) is 14.9 Å². The minimum atomic E-state index is -1.44.